The summed E-state index contributed by atoms with van der Waals surface area (Å²) in [7, 11) is 0. The van der Waals surface area contributed by atoms with Crippen molar-refractivity contribution in [2.75, 3.05) is 6.61 Å². The van der Waals surface area contributed by atoms with E-state index >= 15 is 0 Å². The zero-order valence-corrected chi connectivity index (χ0v) is 15.6. The molecule has 0 heterocycles. The number of esters is 2. The first-order valence-electron chi connectivity index (χ1n) is 9.20. The topological polar surface area (TPSA) is 52.6 Å². The predicted molar refractivity (Wildman–Crippen MR) is 89.3 cm³/mol. The van der Waals surface area contributed by atoms with Gasteiger partial charge < -0.3 is 9.47 Å². The Morgan fingerprint density at radius 2 is 1.50 bits per heavy atom. The van der Waals surface area contributed by atoms with E-state index in [0.29, 0.717) is 0 Å². The van der Waals surface area contributed by atoms with E-state index in [1.165, 1.54) is 25.7 Å². The lowest BCUT2D eigenvalue weighted by Crippen LogP contribution is -2.33. The van der Waals surface area contributed by atoms with E-state index in [1.54, 1.807) is 6.92 Å². The van der Waals surface area contributed by atoms with Gasteiger partial charge in [-0.1, -0.05) is 39.0 Å². The van der Waals surface area contributed by atoms with Crippen molar-refractivity contribution in [3.63, 3.8) is 0 Å². The van der Waals surface area contributed by atoms with Crippen LogP contribution in [0.15, 0.2) is 0 Å². The van der Waals surface area contributed by atoms with E-state index in [0.717, 1.165) is 19.3 Å². The highest BCUT2D eigenvalue weighted by Gasteiger charge is 2.42. The van der Waals surface area contributed by atoms with Crippen LogP contribution in [0.5, 0.6) is 0 Å². The molecule has 154 valence electrons. The molecule has 1 unspecified atom stereocenters. The van der Waals surface area contributed by atoms with E-state index in [1.807, 2.05) is 0 Å². The summed E-state index contributed by atoms with van der Waals surface area (Å²) < 4.78 is 58.3. The Labute approximate surface area is 152 Å². The van der Waals surface area contributed by atoms with Gasteiger partial charge in [0, 0.05) is 12.8 Å². The molecule has 0 rings (SSSR count). The minimum absolute atomic E-state index is 0.0544. The molecule has 26 heavy (non-hydrogen) atoms. The van der Waals surface area contributed by atoms with Gasteiger partial charge in [0.15, 0.2) is 6.61 Å². The highest BCUT2D eigenvalue weighted by Crippen LogP contribution is 2.23. The van der Waals surface area contributed by atoms with Gasteiger partial charge in [0.25, 0.3) is 0 Å². The van der Waals surface area contributed by atoms with Crippen molar-refractivity contribution in [1.82, 2.24) is 0 Å². The van der Waals surface area contributed by atoms with E-state index in [-0.39, 0.29) is 25.4 Å². The van der Waals surface area contributed by atoms with Gasteiger partial charge in [0.2, 0.25) is 0 Å². The van der Waals surface area contributed by atoms with Crippen molar-refractivity contribution in [1.29, 1.82) is 0 Å². The molecule has 0 aromatic rings. The largest absolute Gasteiger partial charge is 0.463 e. The minimum atomic E-state index is -4.36. The molecule has 0 radical (unpaired) electrons. The number of hydrogen-bond donors (Lipinski definition) is 0. The van der Waals surface area contributed by atoms with Crippen LogP contribution in [-0.4, -0.2) is 37.0 Å². The second kappa shape index (κ2) is 13.8. The van der Waals surface area contributed by atoms with Crippen molar-refractivity contribution >= 4 is 11.9 Å². The monoisotopic (exact) mass is 386 g/mol. The minimum Gasteiger partial charge on any atom is -0.463 e. The van der Waals surface area contributed by atoms with Crippen LogP contribution in [-0.2, 0) is 19.1 Å². The molecule has 0 aromatic carbocycles. The number of hydrogen-bond acceptors (Lipinski definition) is 4. The smallest absolute Gasteiger partial charge is 0.340 e. The summed E-state index contributed by atoms with van der Waals surface area (Å²) in [5.41, 5.74) is 0. The molecule has 0 saturated carbocycles. The fraction of sp³-hybridized carbons (Fsp3) is 0.889. The average molecular weight is 386 g/mol. The van der Waals surface area contributed by atoms with E-state index < -0.39 is 30.9 Å². The zero-order chi connectivity index (χ0) is 20.0. The molecule has 0 spiro atoms. The van der Waals surface area contributed by atoms with Crippen molar-refractivity contribution < 1.29 is 36.6 Å². The molecule has 0 N–H and O–H groups in total. The molecule has 0 bridgehead atoms. The number of unbranched alkanes of at least 4 members (excludes halogenated alkanes) is 5. The second-order valence-corrected chi connectivity index (χ2v) is 6.43. The van der Waals surface area contributed by atoms with Gasteiger partial charge >= 0.3 is 24.3 Å². The van der Waals surface area contributed by atoms with Gasteiger partial charge in [-0.3, -0.25) is 9.59 Å². The summed E-state index contributed by atoms with van der Waals surface area (Å²) in [6.45, 7) is 2.29. The lowest BCUT2D eigenvalue weighted by atomic mass is 10.1. The van der Waals surface area contributed by atoms with Crippen molar-refractivity contribution in [2.45, 2.75) is 96.5 Å². The SMILES string of the molecule is CCCCCCCCC(C)OC(=O)CCCC(=O)OCC(F)(F)C(F)F. The first-order valence-corrected chi connectivity index (χ1v) is 9.20. The third-order valence-electron chi connectivity index (χ3n) is 3.80. The highest BCUT2D eigenvalue weighted by atomic mass is 19.3. The van der Waals surface area contributed by atoms with Gasteiger partial charge in [0.1, 0.15) is 0 Å². The number of ether oxygens (including phenoxy) is 2. The summed E-state index contributed by atoms with van der Waals surface area (Å²) in [5, 5.41) is 0. The maximum Gasteiger partial charge on any atom is 0.340 e. The standard InChI is InChI=1S/C18H30F4O4/c1-3-4-5-6-7-8-10-14(2)26-16(24)12-9-11-15(23)25-13-18(21,22)17(19)20/h14,17H,3-13H2,1-2H3. The Bertz CT molecular complexity index is 403. The number of carbonyl (C=O) groups is 2. The van der Waals surface area contributed by atoms with Crippen molar-refractivity contribution in [3.05, 3.63) is 0 Å². The van der Waals surface area contributed by atoms with Crippen LogP contribution in [0.2, 0.25) is 0 Å². The molecule has 0 aliphatic carbocycles. The van der Waals surface area contributed by atoms with Crippen LogP contribution in [0.1, 0.15) is 78.1 Å². The lowest BCUT2D eigenvalue weighted by molar-refractivity contribution is -0.179. The summed E-state index contributed by atoms with van der Waals surface area (Å²) in [4.78, 5) is 22.8. The number of alkyl halides is 4. The molecule has 8 heteroatoms. The first kappa shape index (κ1) is 24.7. The fourth-order valence-electron chi connectivity index (χ4n) is 2.24. The first-order chi connectivity index (χ1) is 12.2. The zero-order valence-electron chi connectivity index (χ0n) is 15.6. The second-order valence-electron chi connectivity index (χ2n) is 6.43. The fourth-order valence-corrected chi connectivity index (χ4v) is 2.24. The number of carbonyl (C=O) groups excluding carboxylic acids is 2. The van der Waals surface area contributed by atoms with Crippen LogP contribution in [0.4, 0.5) is 17.6 Å². The van der Waals surface area contributed by atoms with Gasteiger partial charge in [0.05, 0.1) is 6.10 Å². The van der Waals surface area contributed by atoms with Crippen molar-refractivity contribution in [3.8, 4) is 0 Å². The Morgan fingerprint density at radius 1 is 0.923 bits per heavy atom. The summed E-state index contributed by atoms with van der Waals surface area (Å²) in [6, 6.07) is 0. The predicted octanol–water partition coefficient (Wildman–Crippen LogP) is 5.28. The maximum atomic E-state index is 12.6. The van der Waals surface area contributed by atoms with E-state index in [4.69, 9.17) is 4.74 Å². The quantitative estimate of drug-likeness (QED) is 0.218. The highest BCUT2D eigenvalue weighted by molar-refractivity contribution is 5.72. The molecule has 0 aromatic heterocycles. The van der Waals surface area contributed by atoms with Crippen molar-refractivity contribution in [2.24, 2.45) is 0 Å². The summed E-state index contributed by atoms with van der Waals surface area (Å²) in [6.07, 6.45) is 3.23. The van der Waals surface area contributed by atoms with E-state index in [9.17, 15) is 27.2 Å². The molecular weight excluding hydrogens is 356 g/mol. The third-order valence-corrected chi connectivity index (χ3v) is 3.80. The Morgan fingerprint density at radius 3 is 2.12 bits per heavy atom. The average Bonchev–Trinajstić information content (AvgIpc) is 2.56. The van der Waals surface area contributed by atoms with Crippen LogP contribution < -0.4 is 0 Å². The molecule has 4 nitrogen and oxygen atoms in total. The normalized spacial score (nSPS) is 12.9. The summed E-state index contributed by atoms with van der Waals surface area (Å²) in [5.74, 6) is -5.88. The molecule has 0 fully saturated rings. The van der Waals surface area contributed by atoms with E-state index in [2.05, 4.69) is 11.7 Å². The molecule has 0 aliphatic rings. The summed E-state index contributed by atoms with van der Waals surface area (Å²) >= 11 is 0. The molecule has 0 aliphatic heterocycles. The van der Waals surface area contributed by atoms with Crippen LogP contribution in [0.25, 0.3) is 0 Å². The lowest BCUT2D eigenvalue weighted by Gasteiger charge is -2.15. The molecular formula is C18H30F4O4. The van der Waals surface area contributed by atoms with Gasteiger partial charge in [-0.15, -0.1) is 0 Å². The molecule has 0 amide bonds. The number of halogens is 4. The van der Waals surface area contributed by atoms with Crippen LogP contribution >= 0.6 is 0 Å². The maximum absolute atomic E-state index is 12.6. The van der Waals surface area contributed by atoms with Gasteiger partial charge in [-0.05, 0) is 26.2 Å². The Balaban J connectivity index is 3.73. The van der Waals surface area contributed by atoms with Gasteiger partial charge in [-0.2, -0.15) is 8.78 Å². The Hall–Kier alpha value is -1.34. The van der Waals surface area contributed by atoms with Gasteiger partial charge in [-0.25, -0.2) is 8.78 Å². The van der Waals surface area contributed by atoms with Crippen LogP contribution in [0.3, 0.4) is 0 Å². The third kappa shape index (κ3) is 12.9. The Kier molecular flexibility index (Phi) is 13.1. The molecule has 1 atom stereocenters. The van der Waals surface area contributed by atoms with Crippen LogP contribution in [0, 0.1) is 0 Å². The molecule has 0 saturated heterocycles. The number of rotatable bonds is 15.